The van der Waals surface area contributed by atoms with E-state index in [2.05, 4.69) is 10.6 Å². The predicted octanol–water partition coefficient (Wildman–Crippen LogP) is 2.59. The third-order valence-corrected chi connectivity index (χ3v) is 2.65. The van der Waals surface area contributed by atoms with Gasteiger partial charge in [-0.15, -0.1) is 0 Å². The summed E-state index contributed by atoms with van der Waals surface area (Å²) in [6, 6.07) is 3.71. The number of carboxylic acids is 1. The molecule has 1 aromatic carbocycles. The van der Waals surface area contributed by atoms with Crippen molar-refractivity contribution in [2.75, 3.05) is 25.1 Å². The molecular formula is C13H17ClN2O4. The van der Waals surface area contributed by atoms with E-state index in [-0.39, 0.29) is 11.3 Å². The number of urea groups is 1. The number of nitrogens with one attached hydrogen (secondary N) is 2. The summed E-state index contributed by atoms with van der Waals surface area (Å²) < 4.78 is 5.13. The van der Waals surface area contributed by atoms with Crippen molar-refractivity contribution in [3.05, 3.63) is 28.8 Å². The molecule has 6 nitrogen and oxygen atoms in total. The van der Waals surface area contributed by atoms with Gasteiger partial charge in [0.25, 0.3) is 0 Å². The number of anilines is 1. The molecule has 0 bridgehead atoms. The normalized spacial score (nSPS) is 10.1. The van der Waals surface area contributed by atoms with E-state index in [0.29, 0.717) is 31.2 Å². The van der Waals surface area contributed by atoms with Crippen LogP contribution in [0.5, 0.6) is 0 Å². The zero-order valence-corrected chi connectivity index (χ0v) is 11.9. The Hall–Kier alpha value is -1.79. The topological polar surface area (TPSA) is 87.7 Å². The molecule has 0 fully saturated rings. The summed E-state index contributed by atoms with van der Waals surface area (Å²) in [5.41, 5.74) is 0.145. The summed E-state index contributed by atoms with van der Waals surface area (Å²) in [7, 11) is 0. The summed E-state index contributed by atoms with van der Waals surface area (Å²) in [4.78, 5) is 22.6. The number of hydrogen-bond acceptors (Lipinski definition) is 3. The first-order chi connectivity index (χ1) is 9.54. The van der Waals surface area contributed by atoms with Crippen LogP contribution in [0, 0.1) is 0 Å². The summed E-state index contributed by atoms with van der Waals surface area (Å²) >= 11 is 5.79. The highest BCUT2D eigenvalue weighted by Gasteiger charge is 2.12. The lowest BCUT2D eigenvalue weighted by Gasteiger charge is -2.10. The average Bonchev–Trinajstić information content (AvgIpc) is 2.38. The minimum absolute atomic E-state index is 0.0149. The number of carbonyl (C=O) groups excluding carboxylic acids is 1. The van der Waals surface area contributed by atoms with Crippen LogP contribution >= 0.6 is 11.6 Å². The minimum Gasteiger partial charge on any atom is -0.478 e. The molecule has 0 aliphatic heterocycles. The molecule has 2 amide bonds. The van der Waals surface area contributed by atoms with E-state index in [1.807, 2.05) is 6.92 Å². The molecule has 0 saturated carbocycles. The lowest BCUT2D eigenvalue weighted by atomic mass is 10.2. The smallest absolute Gasteiger partial charge is 0.337 e. The Morgan fingerprint density at radius 3 is 2.80 bits per heavy atom. The second-order valence-electron chi connectivity index (χ2n) is 3.93. The Morgan fingerprint density at radius 1 is 1.40 bits per heavy atom. The lowest BCUT2D eigenvalue weighted by molar-refractivity contribution is 0.0698. The second-order valence-corrected chi connectivity index (χ2v) is 4.36. The zero-order chi connectivity index (χ0) is 15.0. The van der Waals surface area contributed by atoms with E-state index in [9.17, 15) is 9.59 Å². The molecule has 0 aliphatic carbocycles. The molecule has 0 spiro atoms. The van der Waals surface area contributed by atoms with E-state index in [0.717, 1.165) is 0 Å². The van der Waals surface area contributed by atoms with Crippen LogP contribution in [0.1, 0.15) is 23.7 Å². The first kappa shape index (κ1) is 16.3. The van der Waals surface area contributed by atoms with Crippen molar-refractivity contribution < 1.29 is 19.4 Å². The van der Waals surface area contributed by atoms with Crippen molar-refractivity contribution in [2.24, 2.45) is 0 Å². The first-order valence-corrected chi connectivity index (χ1v) is 6.57. The third kappa shape index (κ3) is 5.46. The van der Waals surface area contributed by atoms with E-state index >= 15 is 0 Å². The van der Waals surface area contributed by atoms with Gasteiger partial charge in [-0.2, -0.15) is 0 Å². The molecular weight excluding hydrogens is 284 g/mol. The third-order valence-electron chi connectivity index (χ3n) is 2.42. The van der Waals surface area contributed by atoms with Gasteiger partial charge < -0.3 is 20.5 Å². The van der Waals surface area contributed by atoms with Gasteiger partial charge in [-0.1, -0.05) is 11.6 Å². The maximum atomic E-state index is 11.6. The molecule has 0 aliphatic rings. The van der Waals surface area contributed by atoms with Gasteiger partial charge >= 0.3 is 12.0 Å². The SMILES string of the molecule is CCOCCCNC(=O)Nc1cc(Cl)ccc1C(=O)O. The molecule has 3 N–H and O–H groups in total. The Bertz CT molecular complexity index is 479. The van der Waals surface area contributed by atoms with E-state index < -0.39 is 12.0 Å². The van der Waals surface area contributed by atoms with E-state index in [1.165, 1.54) is 18.2 Å². The second kappa shape index (κ2) is 8.39. The fraction of sp³-hybridized carbons (Fsp3) is 0.385. The zero-order valence-electron chi connectivity index (χ0n) is 11.1. The molecule has 0 heterocycles. The van der Waals surface area contributed by atoms with Crippen LogP contribution in [0.2, 0.25) is 5.02 Å². The maximum absolute atomic E-state index is 11.6. The van der Waals surface area contributed by atoms with Gasteiger partial charge in [0.1, 0.15) is 0 Å². The number of amides is 2. The molecule has 0 atom stereocenters. The summed E-state index contributed by atoms with van der Waals surface area (Å²) in [6.07, 6.45) is 0.683. The molecule has 0 unspecified atom stereocenters. The summed E-state index contributed by atoms with van der Waals surface area (Å²) in [6.45, 7) is 3.53. The summed E-state index contributed by atoms with van der Waals surface area (Å²) in [5.74, 6) is -1.13. The molecule has 20 heavy (non-hydrogen) atoms. The molecule has 7 heteroatoms. The van der Waals surface area contributed by atoms with Crippen molar-refractivity contribution in [3.8, 4) is 0 Å². The number of benzene rings is 1. The van der Waals surface area contributed by atoms with Gasteiger partial charge in [0, 0.05) is 24.8 Å². The summed E-state index contributed by atoms with van der Waals surface area (Å²) in [5, 5.41) is 14.4. The standard InChI is InChI=1S/C13H17ClN2O4/c1-2-20-7-3-6-15-13(19)16-11-8-9(14)4-5-10(11)12(17)18/h4-5,8H,2-3,6-7H2,1H3,(H,17,18)(H2,15,16,19). The van der Waals surface area contributed by atoms with Crippen LogP contribution < -0.4 is 10.6 Å². The molecule has 0 saturated heterocycles. The number of carboxylic acid groups (broad SMARTS) is 1. The highest BCUT2D eigenvalue weighted by atomic mass is 35.5. The van der Waals surface area contributed by atoms with E-state index in [4.69, 9.17) is 21.4 Å². The highest BCUT2D eigenvalue weighted by molar-refractivity contribution is 6.31. The quantitative estimate of drug-likeness (QED) is 0.675. The number of carbonyl (C=O) groups is 2. The van der Waals surface area contributed by atoms with E-state index in [1.54, 1.807) is 0 Å². The monoisotopic (exact) mass is 300 g/mol. The van der Waals surface area contributed by atoms with Crippen LogP contribution in [-0.2, 0) is 4.74 Å². The number of aromatic carboxylic acids is 1. The van der Waals surface area contributed by atoms with Crippen LogP contribution in [0.4, 0.5) is 10.5 Å². The van der Waals surface area contributed by atoms with Crippen molar-refractivity contribution in [3.63, 3.8) is 0 Å². The van der Waals surface area contributed by atoms with Crippen molar-refractivity contribution in [1.29, 1.82) is 0 Å². The van der Waals surface area contributed by atoms with Crippen molar-refractivity contribution in [2.45, 2.75) is 13.3 Å². The minimum atomic E-state index is -1.13. The highest BCUT2D eigenvalue weighted by Crippen LogP contribution is 2.21. The molecule has 0 radical (unpaired) electrons. The van der Waals surface area contributed by atoms with Gasteiger partial charge in [-0.3, -0.25) is 0 Å². The Balaban J connectivity index is 2.53. The Labute approximate surface area is 122 Å². The number of ether oxygens (including phenoxy) is 1. The van der Waals surface area contributed by atoms with Gasteiger partial charge in [0.15, 0.2) is 0 Å². The number of hydrogen-bond donors (Lipinski definition) is 3. The van der Waals surface area contributed by atoms with Gasteiger partial charge in [0.2, 0.25) is 0 Å². The van der Waals surface area contributed by atoms with Gasteiger partial charge in [-0.25, -0.2) is 9.59 Å². The van der Waals surface area contributed by atoms with Crippen molar-refractivity contribution >= 4 is 29.3 Å². The molecule has 1 rings (SSSR count). The van der Waals surface area contributed by atoms with Gasteiger partial charge in [-0.05, 0) is 31.5 Å². The van der Waals surface area contributed by atoms with Crippen LogP contribution in [0.3, 0.4) is 0 Å². The maximum Gasteiger partial charge on any atom is 0.337 e. The lowest BCUT2D eigenvalue weighted by Crippen LogP contribution is -2.30. The first-order valence-electron chi connectivity index (χ1n) is 6.20. The Morgan fingerprint density at radius 2 is 2.15 bits per heavy atom. The van der Waals surface area contributed by atoms with Crippen LogP contribution in [0.25, 0.3) is 0 Å². The average molecular weight is 301 g/mol. The van der Waals surface area contributed by atoms with Crippen LogP contribution in [0.15, 0.2) is 18.2 Å². The molecule has 1 aromatic rings. The fourth-order valence-corrected chi connectivity index (χ4v) is 1.67. The predicted molar refractivity (Wildman–Crippen MR) is 76.5 cm³/mol. The van der Waals surface area contributed by atoms with Gasteiger partial charge in [0.05, 0.1) is 11.3 Å². The fourth-order valence-electron chi connectivity index (χ4n) is 1.49. The van der Waals surface area contributed by atoms with Crippen LogP contribution in [-0.4, -0.2) is 36.9 Å². The molecule has 0 aromatic heterocycles. The largest absolute Gasteiger partial charge is 0.478 e. The van der Waals surface area contributed by atoms with Crippen molar-refractivity contribution in [1.82, 2.24) is 5.32 Å². The molecule has 110 valence electrons. The Kier molecular flexibility index (Phi) is 6.83. The number of halogens is 1. The number of rotatable bonds is 7.